The van der Waals surface area contributed by atoms with Gasteiger partial charge in [-0.1, -0.05) is 18.2 Å². The van der Waals surface area contributed by atoms with Crippen LogP contribution in [0, 0.1) is 6.92 Å². The van der Waals surface area contributed by atoms with E-state index in [0.29, 0.717) is 6.61 Å². The third kappa shape index (κ3) is 1.91. The van der Waals surface area contributed by atoms with Gasteiger partial charge < -0.3 is 14.5 Å². The van der Waals surface area contributed by atoms with Crippen LogP contribution in [0.3, 0.4) is 0 Å². The molecule has 1 aromatic heterocycles. The molecule has 2 heterocycles. The molecule has 1 aliphatic heterocycles. The summed E-state index contributed by atoms with van der Waals surface area (Å²) in [7, 11) is 1.41. The Kier molecular flexibility index (Phi) is 3.05. The Hall–Kier alpha value is -1.81. The number of carbonyl (C=O) groups excluding carboxylic acids is 1. The fourth-order valence-corrected chi connectivity index (χ4v) is 3.07. The maximum atomic E-state index is 11.7. The molecule has 4 nitrogen and oxygen atoms in total. The molecule has 0 fully saturated rings. The monoisotopic (exact) mass is 273 g/mol. The van der Waals surface area contributed by atoms with Crippen molar-refractivity contribution in [3.8, 4) is 0 Å². The van der Waals surface area contributed by atoms with Gasteiger partial charge in [-0.2, -0.15) is 0 Å². The van der Waals surface area contributed by atoms with Crippen LogP contribution in [-0.4, -0.2) is 24.7 Å². The Bertz CT molecular complexity index is 674. The van der Waals surface area contributed by atoms with Crippen LogP contribution in [0.2, 0.25) is 0 Å². The Morgan fingerprint density at radius 3 is 3.05 bits per heavy atom. The second kappa shape index (κ2) is 4.63. The van der Waals surface area contributed by atoms with Crippen molar-refractivity contribution in [3.05, 3.63) is 35.0 Å². The molecule has 4 heteroatoms. The summed E-state index contributed by atoms with van der Waals surface area (Å²) in [6, 6.07) is 6.28. The highest BCUT2D eigenvalue weighted by molar-refractivity contribution is 5.88. The number of aryl methyl sites for hydroxylation is 1. The van der Waals surface area contributed by atoms with Crippen molar-refractivity contribution in [2.24, 2.45) is 0 Å². The molecule has 0 saturated carbocycles. The minimum atomic E-state index is -0.633. The molecule has 2 aromatic rings. The number of aromatic amines is 1. The summed E-state index contributed by atoms with van der Waals surface area (Å²) in [5, 5.41) is 1.24. The maximum absolute atomic E-state index is 11.7. The quantitative estimate of drug-likeness (QED) is 0.856. The van der Waals surface area contributed by atoms with E-state index in [1.54, 1.807) is 0 Å². The smallest absolute Gasteiger partial charge is 0.308 e. The molecule has 0 amide bonds. The molecule has 0 saturated heterocycles. The van der Waals surface area contributed by atoms with Gasteiger partial charge in [0.1, 0.15) is 5.60 Å². The maximum Gasteiger partial charge on any atom is 0.308 e. The first-order valence-electron chi connectivity index (χ1n) is 6.86. The van der Waals surface area contributed by atoms with Crippen LogP contribution in [-0.2, 0) is 26.3 Å². The highest BCUT2D eigenvalue weighted by Crippen LogP contribution is 2.39. The number of methoxy groups -OCH3 is 1. The van der Waals surface area contributed by atoms with Gasteiger partial charge in [0.2, 0.25) is 0 Å². The number of aromatic nitrogens is 1. The first-order chi connectivity index (χ1) is 9.55. The van der Waals surface area contributed by atoms with Gasteiger partial charge in [-0.25, -0.2) is 0 Å². The first kappa shape index (κ1) is 13.2. The second-order valence-corrected chi connectivity index (χ2v) is 5.56. The number of para-hydroxylation sites is 1. The van der Waals surface area contributed by atoms with E-state index in [1.165, 1.54) is 23.6 Å². The summed E-state index contributed by atoms with van der Waals surface area (Å²) in [5.41, 5.74) is 3.99. The van der Waals surface area contributed by atoms with Gasteiger partial charge in [0, 0.05) is 10.9 Å². The lowest BCUT2D eigenvalue weighted by Gasteiger charge is -2.33. The van der Waals surface area contributed by atoms with E-state index >= 15 is 0 Å². The van der Waals surface area contributed by atoms with Crippen LogP contribution < -0.4 is 0 Å². The fraction of sp³-hybridized carbons (Fsp3) is 0.438. The Morgan fingerprint density at radius 2 is 2.30 bits per heavy atom. The zero-order valence-corrected chi connectivity index (χ0v) is 12.1. The average Bonchev–Trinajstić information content (AvgIpc) is 2.81. The van der Waals surface area contributed by atoms with E-state index in [2.05, 4.69) is 30.1 Å². The fourth-order valence-electron chi connectivity index (χ4n) is 3.07. The van der Waals surface area contributed by atoms with E-state index < -0.39 is 5.60 Å². The standard InChI is InChI=1S/C16H19NO3/c1-10-5-4-6-11-12-7-8-20-16(2,9-13(18)19-3)15(12)17-14(10)11/h4-6,17H,7-9H2,1-3H3. The van der Waals surface area contributed by atoms with Crippen molar-refractivity contribution >= 4 is 16.9 Å². The highest BCUT2D eigenvalue weighted by atomic mass is 16.5. The van der Waals surface area contributed by atoms with Gasteiger partial charge >= 0.3 is 5.97 Å². The molecular weight excluding hydrogens is 254 g/mol. The Morgan fingerprint density at radius 1 is 1.50 bits per heavy atom. The molecule has 106 valence electrons. The average molecular weight is 273 g/mol. The number of hydrogen-bond acceptors (Lipinski definition) is 3. The van der Waals surface area contributed by atoms with Crippen molar-refractivity contribution in [2.45, 2.75) is 32.3 Å². The summed E-state index contributed by atoms with van der Waals surface area (Å²) in [4.78, 5) is 15.1. The highest BCUT2D eigenvalue weighted by Gasteiger charge is 2.38. The molecule has 1 aliphatic rings. The van der Waals surface area contributed by atoms with Crippen molar-refractivity contribution < 1.29 is 14.3 Å². The first-order valence-corrected chi connectivity index (χ1v) is 6.86. The summed E-state index contributed by atoms with van der Waals surface area (Å²) < 4.78 is 10.7. The molecule has 1 atom stereocenters. The number of carbonyl (C=O) groups is 1. The summed E-state index contributed by atoms with van der Waals surface area (Å²) in [6.07, 6.45) is 1.10. The van der Waals surface area contributed by atoms with Crippen LogP contribution in [0.5, 0.6) is 0 Å². The summed E-state index contributed by atoms with van der Waals surface area (Å²) in [5.74, 6) is -0.254. The van der Waals surface area contributed by atoms with Gasteiger partial charge in [0.25, 0.3) is 0 Å². The van der Waals surface area contributed by atoms with Crippen molar-refractivity contribution in [1.82, 2.24) is 4.98 Å². The van der Waals surface area contributed by atoms with Crippen LogP contribution in [0.25, 0.3) is 10.9 Å². The topological polar surface area (TPSA) is 51.3 Å². The number of fused-ring (bicyclic) bond motifs is 3. The second-order valence-electron chi connectivity index (χ2n) is 5.56. The van der Waals surface area contributed by atoms with Crippen LogP contribution >= 0.6 is 0 Å². The van der Waals surface area contributed by atoms with Crippen molar-refractivity contribution in [2.75, 3.05) is 13.7 Å². The number of nitrogens with one attached hydrogen (secondary N) is 1. The molecule has 1 N–H and O–H groups in total. The zero-order valence-electron chi connectivity index (χ0n) is 12.1. The lowest BCUT2D eigenvalue weighted by molar-refractivity contribution is -0.150. The number of benzene rings is 1. The van der Waals surface area contributed by atoms with Crippen LogP contribution in [0.15, 0.2) is 18.2 Å². The predicted molar refractivity (Wildman–Crippen MR) is 76.7 cm³/mol. The van der Waals surface area contributed by atoms with Gasteiger partial charge in [-0.15, -0.1) is 0 Å². The summed E-state index contributed by atoms with van der Waals surface area (Å²) in [6.45, 7) is 4.66. The Balaban J connectivity index is 2.15. The molecular formula is C16H19NO3. The van der Waals surface area contributed by atoms with Gasteiger partial charge in [-0.3, -0.25) is 4.79 Å². The van der Waals surface area contributed by atoms with Crippen LogP contribution in [0.1, 0.15) is 30.2 Å². The largest absolute Gasteiger partial charge is 0.469 e. The normalized spacial score (nSPS) is 21.8. The third-order valence-corrected chi connectivity index (χ3v) is 4.16. The van der Waals surface area contributed by atoms with Gasteiger partial charge in [0.15, 0.2) is 0 Å². The van der Waals surface area contributed by atoms with Gasteiger partial charge in [-0.05, 0) is 31.4 Å². The number of ether oxygens (including phenoxy) is 2. The molecule has 0 radical (unpaired) electrons. The minimum Gasteiger partial charge on any atom is -0.469 e. The lowest BCUT2D eigenvalue weighted by Crippen LogP contribution is -2.35. The molecule has 3 rings (SSSR count). The van der Waals surface area contributed by atoms with Crippen molar-refractivity contribution in [1.29, 1.82) is 0 Å². The SMILES string of the molecule is COC(=O)CC1(C)OCCc2c1[nH]c1c(C)cccc21. The number of esters is 1. The molecule has 20 heavy (non-hydrogen) atoms. The lowest BCUT2D eigenvalue weighted by atomic mass is 9.90. The number of rotatable bonds is 2. The number of H-pyrrole nitrogens is 1. The van der Waals surface area contributed by atoms with Crippen molar-refractivity contribution in [3.63, 3.8) is 0 Å². The summed E-state index contributed by atoms with van der Waals surface area (Å²) >= 11 is 0. The molecule has 0 bridgehead atoms. The van der Waals surface area contributed by atoms with E-state index in [-0.39, 0.29) is 12.4 Å². The van der Waals surface area contributed by atoms with Crippen LogP contribution in [0.4, 0.5) is 0 Å². The number of hydrogen-bond donors (Lipinski definition) is 1. The molecule has 0 aliphatic carbocycles. The molecule has 1 aromatic carbocycles. The molecule has 0 spiro atoms. The minimum absolute atomic E-state index is 0.225. The van der Waals surface area contributed by atoms with E-state index in [4.69, 9.17) is 9.47 Å². The van der Waals surface area contributed by atoms with E-state index in [0.717, 1.165) is 17.6 Å². The van der Waals surface area contributed by atoms with E-state index in [9.17, 15) is 4.79 Å². The predicted octanol–water partition coefficient (Wildman–Crippen LogP) is 2.83. The third-order valence-electron chi connectivity index (χ3n) is 4.16. The Labute approximate surface area is 118 Å². The molecule has 1 unspecified atom stereocenters. The zero-order chi connectivity index (χ0) is 14.3. The van der Waals surface area contributed by atoms with E-state index in [1.807, 2.05) is 6.92 Å². The van der Waals surface area contributed by atoms with Gasteiger partial charge in [0.05, 0.1) is 25.8 Å².